The highest BCUT2D eigenvalue weighted by Crippen LogP contribution is 2.50. The van der Waals surface area contributed by atoms with Gasteiger partial charge in [-0.25, -0.2) is 0 Å². The van der Waals surface area contributed by atoms with E-state index in [1.165, 1.54) is 0 Å². The zero-order valence-electron chi connectivity index (χ0n) is 12.4. The van der Waals surface area contributed by atoms with Gasteiger partial charge < -0.3 is 4.57 Å². The molecule has 2 heterocycles. The first-order chi connectivity index (χ1) is 10.8. The molecule has 22 heavy (non-hydrogen) atoms. The van der Waals surface area contributed by atoms with Crippen molar-refractivity contribution >= 4 is 17.9 Å². The molecule has 1 aliphatic heterocycles. The molecule has 4 rings (SSSR count). The maximum atomic E-state index is 13.9. The third-order valence-corrected chi connectivity index (χ3v) is 7.47. The molecule has 0 amide bonds. The fourth-order valence-electron chi connectivity index (χ4n) is 3.30. The summed E-state index contributed by atoms with van der Waals surface area (Å²) in [6.45, 7) is 1.99. The number of pyridine rings is 1. The van der Waals surface area contributed by atoms with Crippen LogP contribution < -0.4 is 10.7 Å². The minimum absolute atomic E-state index is 0.585. The van der Waals surface area contributed by atoms with Gasteiger partial charge >= 0.3 is 0 Å². The van der Waals surface area contributed by atoms with E-state index < -0.39 is 7.14 Å². The molecule has 1 aromatic heterocycles. The Bertz CT molecular complexity index is 846. The lowest BCUT2D eigenvalue weighted by Gasteiger charge is -2.18. The predicted molar refractivity (Wildman–Crippen MR) is 92.5 cm³/mol. The van der Waals surface area contributed by atoms with E-state index >= 15 is 0 Å². The maximum absolute atomic E-state index is 13.9. The summed E-state index contributed by atoms with van der Waals surface area (Å²) < 4.78 is 13.9. The van der Waals surface area contributed by atoms with Crippen molar-refractivity contribution < 1.29 is 4.57 Å². The molecular formula is C19H16NOP. The van der Waals surface area contributed by atoms with Crippen LogP contribution in [0.25, 0.3) is 22.3 Å². The van der Waals surface area contributed by atoms with Crippen molar-refractivity contribution in [1.29, 1.82) is 0 Å². The van der Waals surface area contributed by atoms with Crippen molar-refractivity contribution in [2.75, 3.05) is 6.16 Å². The van der Waals surface area contributed by atoms with Gasteiger partial charge in [0.05, 0.1) is 0 Å². The summed E-state index contributed by atoms with van der Waals surface area (Å²) >= 11 is 0. The van der Waals surface area contributed by atoms with Crippen molar-refractivity contribution in [3.05, 3.63) is 66.9 Å². The van der Waals surface area contributed by atoms with E-state index in [1.54, 1.807) is 6.20 Å². The number of benzene rings is 2. The first-order valence-corrected chi connectivity index (χ1v) is 9.39. The second-order valence-corrected chi connectivity index (χ2v) is 8.51. The monoisotopic (exact) mass is 305 g/mol. The average Bonchev–Trinajstić information content (AvgIpc) is 2.69. The van der Waals surface area contributed by atoms with E-state index in [9.17, 15) is 4.57 Å². The van der Waals surface area contributed by atoms with Gasteiger partial charge in [0.25, 0.3) is 0 Å². The van der Waals surface area contributed by atoms with E-state index in [-0.39, 0.29) is 0 Å². The summed E-state index contributed by atoms with van der Waals surface area (Å²) in [5.41, 5.74) is 5.07. The molecule has 1 aliphatic rings. The molecule has 2 aromatic carbocycles. The molecule has 2 nitrogen and oxygen atoms in total. The van der Waals surface area contributed by atoms with Gasteiger partial charge in [-0.3, -0.25) is 4.98 Å². The van der Waals surface area contributed by atoms with E-state index in [1.807, 2.05) is 49.4 Å². The van der Waals surface area contributed by atoms with Crippen molar-refractivity contribution in [3.63, 3.8) is 0 Å². The molecule has 3 aromatic rings. The van der Waals surface area contributed by atoms with Gasteiger partial charge in [-0.05, 0) is 22.8 Å². The minimum Gasteiger partial charge on any atom is -0.312 e. The van der Waals surface area contributed by atoms with Gasteiger partial charge in [0.1, 0.15) is 5.44 Å². The van der Waals surface area contributed by atoms with Crippen LogP contribution in [0.2, 0.25) is 0 Å². The van der Waals surface area contributed by atoms with Gasteiger partial charge in [-0.2, -0.15) is 0 Å². The summed E-state index contributed by atoms with van der Waals surface area (Å²) in [4.78, 5) is 4.54. The standard InChI is InChI=1S/C19H16NOP/c1-2-22(21)18-12-6-5-10-16(18)14-8-3-4-9-15(14)17-11-7-13-20-19(17)22/h3-13H,2H2,1H3. The Balaban J connectivity index is 2.24. The molecule has 108 valence electrons. The van der Waals surface area contributed by atoms with E-state index in [2.05, 4.69) is 23.2 Å². The molecule has 0 bridgehead atoms. The third-order valence-electron chi connectivity index (χ3n) is 4.37. The Morgan fingerprint density at radius 3 is 2.14 bits per heavy atom. The van der Waals surface area contributed by atoms with Crippen LogP contribution in [-0.2, 0) is 4.57 Å². The van der Waals surface area contributed by atoms with Gasteiger partial charge in [0, 0.05) is 23.2 Å². The lowest BCUT2D eigenvalue weighted by Crippen LogP contribution is -2.21. The number of fused-ring (bicyclic) bond motifs is 5. The number of hydrogen-bond acceptors (Lipinski definition) is 2. The highest BCUT2D eigenvalue weighted by atomic mass is 31.2. The molecule has 0 saturated heterocycles. The molecule has 1 unspecified atom stereocenters. The second kappa shape index (κ2) is 4.93. The Hall–Kier alpha value is -2.18. The Labute approximate surface area is 130 Å². The maximum Gasteiger partial charge on any atom is 0.161 e. The van der Waals surface area contributed by atoms with Gasteiger partial charge in [0.2, 0.25) is 0 Å². The smallest absolute Gasteiger partial charge is 0.161 e. The largest absolute Gasteiger partial charge is 0.312 e. The van der Waals surface area contributed by atoms with Crippen LogP contribution in [0.3, 0.4) is 0 Å². The fraction of sp³-hybridized carbons (Fsp3) is 0.105. The van der Waals surface area contributed by atoms with E-state index in [0.29, 0.717) is 6.16 Å². The van der Waals surface area contributed by atoms with Crippen molar-refractivity contribution in [2.24, 2.45) is 0 Å². The molecular weight excluding hydrogens is 289 g/mol. The van der Waals surface area contributed by atoms with Crippen molar-refractivity contribution in [3.8, 4) is 22.3 Å². The molecule has 0 spiro atoms. The molecule has 1 atom stereocenters. The van der Waals surface area contributed by atoms with Crippen LogP contribution in [0.1, 0.15) is 6.92 Å². The molecule has 0 fully saturated rings. The van der Waals surface area contributed by atoms with Gasteiger partial charge in [0.15, 0.2) is 7.14 Å². The highest BCUT2D eigenvalue weighted by molar-refractivity contribution is 7.79. The van der Waals surface area contributed by atoms with E-state index in [0.717, 1.165) is 33.0 Å². The molecule has 0 radical (unpaired) electrons. The summed E-state index contributed by atoms with van der Waals surface area (Å²) in [5.74, 6) is 0. The van der Waals surface area contributed by atoms with Crippen LogP contribution in [-0.4, -0.2) is 11.1 Å². The lowest BCUT2D eigenvalue weighted by molar-refractivity contribution is 0.587. The quantitative estimate of drug-likeness (QED) is 0.635. The topological polar surface area (TPSA) is 30.0 Å². The van der Waals surface area contributed by atoms with E-state index in [4.69, 9.17) is 0 Å². The van der Waals surface area contributed by atoms with Crippen LogP contribution in [0.4, 0.5) is 0 Å². The zero-order valence-corrected chi connectivity index (χ0v) is 13.3. The zero-order chi connectivity index (χ0) is 15.2. The molecule has 0 saturated carbocycles. The van der Waals surface area contributed by atoms with Crippen LogP contribution in [0, 0.1) is 0 Å². The highest BCUT2D eigenvalue weighted by Gasteiger charge is 2.35. The number of hydrogen-bond donors (Lipinski definition) is 0. The number of nitrogens with zero attached hydrogens (tertiary/aromatic N) is 1. The minimum atomic E-state index is -2.71. The fourth-order valence-corrected chi connectivity index (χ4v) is 5.92. The Morgan fingerprint density at radius 1 is 0.818 bits per heavy atom. The van der Waals surface area contributed by atoms with Crippen LogP contribution in [0.5, 0.6) is 0 Å². The average molecular weight is 305 g/mol. The molecule has 0 N–H and O–H groups in total. The molecule has 3 heteroatoms. The van der Waals surface area contributed by atoms with Crippen LogP contribution >= 0.6 is 7.14 Å². The van der Waals surface area contributed by atoms with Crippen molar-refractivity contribution in [1.82, 2.24) is 4.98 Å². The number of aromatic nitrogens is 1. The Kier molecular flexibility index (Phi) is 3.02. The molecule has 0 aliphatic carbocycles. The normalized spacial score (nSPS) is 18.8. The third kappa shape index (κ3) is 1.74. The lowest BCUT2D eigenvalue weighted by atomic mass is 9.96. The summed E-state index contributed by atoms with van der Waals surface area (Å²) in [5, 5.41) is 0.933. The SMILES string of the molecule is CCP1(=O)c2ccccc2-c2ccccc2-c2cccnc21. The summed E-state index contributed by atoms with van der Waals surface area (Å²) in [6, 6.07) is 20.3. The Morgan fingerprint density at radius 2 is 1.41 bits per heavy atom. The van der Waals surface area contributed by atoms with Gasteiger partial charge in [-0.1, -0.05) is 61.5 Å². The predicted octanol–water partition coefficient (Wildman–Crippen LogP) is 4.06. The first-order valence-electron chi connectivity index (χ1n) is 7.49. The summed E-state index contributed by atoms with van der Waals surface area (Å²) in [6.07, 6.45) is 2.33. The first kappa shape index (κ1) is 13.5. The second-order valence-electron chi connectivity index (χ2n) is 5.49. The summed E-state index contributed by atoms with van der Waals surface area (Å²) in [7, 11) is -2.71. The number of rotatable bonds is 1. The van der Waals surface area contributed by atoms with Gasteiger partial charge in [-0.15, -0.1) is 0 Å². The van der Waals surface area contributed by atoms with Crippen molar-refractivity contribution in [2.45, 2.75) is 6.92 Å². The van der Waals surface area contributed by atoms with Crippen LogP contribution in [0.15, 0.2) is 66.9 Å².